The van der Waals surface area contributed by atoms with Crippen LogP contribution in [0.2, 0.25) is 0 Å². The molecule has 0 atom stereocenters. The number of unbranched alkanes of at least 4 members (excludes halogenated alkanes) is 15. The van der Waals surface area contributed by atoms with E-state index in [1.807, 2.05) is 16.8 Å². The molecule has 3 aromatic carbocycles. The molecule has 54 heavy (non-hydrogen) atoms. The van der Waals surface area contributed by atoms with Crippen LogP contribution < -0.4 is 0 Å². The minimum atomic E-state index is -0.331. The van der Waals surface area contributed by atoms with Gasteiger partial charge in [-0.1, -0.05) is 188 Å². The summed E-state index contributed by atoms with van der Waals surface area (Å²) in [5.74, 6) is 0.743. The smallest absolute Gasteiger partial charge is 0.325 e. The quantitative estimate of drug-likeness (QED) is 0.0274. The van der Waals surface area contributed by atoms with Crippen LogP contribution in [0.3, 0.4) is 0 Å². The van der Waals surface area contributed by atoms with E-state index in [0.717, 1.165) is 63.5 Å². The number of hydrogen-bond donors (Lipinski definition) is 0. The highest BCUT2D eigenvalue weighted by atomic mass is 32.2. The van der Waals surface area contributed by atoms with E-state index in [0.29, 0.717) is 32.5 Å². The molecule has 0 radical (unpaired) electrons. The first-order valence-corrected chi connectivity index (χ1v) is 22.5. The first kappa shape index (κ1) is 45.3. The third-order valence-corrected chi connectivity index (χ3v) is 11.8. The lowest BCUT2D eigenvalue weighted by molar-refractivity contribution is -0.191. The van der Waals surface area contributed by atoms with Crippen LogP contribution in [0.1, 0.15) is 165 Å². The number of carbonyl (C=O) groups excluding carboxylic acids is 2. The lowest BCUT2D eigenvalue weighted by atomic mass is 9.84. The van der Waals surface area contributed by atoms with Gasteiger partial charge < -0.3 is 9.57 Å². The van der Waals surface area contributed by atoms with Crippen LogP contribution >= 0.6 is 11.8 Å². The van der Waals surface area contributed by atoms with Crippen molar-refractivity contribution < 1.29 is 19.2 Å². The van der Waals surface area contributed by atoms with Crippen molar-refractivity contribution in [2.45, 2.75) is 153 Å². The molecule has 6 heteroatoms. The summed E-state index contributed by atoms with van der Waals surface area (Å²) in [5, 5.41) is 1.89. The van der Waals surface area contributed by atoms with Crippen LogP contribution in [0.25, 0.3) is 0 Å². The molecule has 0 N–H and O–H groups in total. The fourth-order valence-corrected chi connectivity index (χ4v) is 8.62. The highest BCUT2D eigenvalue weighted by molar-refractivity contribution is 8.00. The average molecular weight is 758 g/mol. The molecule has 0 unspecified atom stereocenters. The third kappa shape index (κ3) is 18.0. The Bertz CT molecular complexity index is 1260. The topological polar surface area (TPSA) is 55.8 Å². The Labute approximate surface area is 333 Å². The number of thioether (sulfide) groups is 1. The summed E-state index contributed by atoms with van der Waals surface area (Å²) >= 11 is 1.98. The Morgan fingerprint density at radius 1 is 0.500 bits per heavy atom. The van der Waals surface area contributed by atoms with Gasteiger partial charge in [0.25, 0.3) is 0 Å². The van der Waals surface area contributed by atoms with Crippen LogP contribution in [-0.2, 0) is 23.9 Å². The summed E-state index contributed by atoms with van der Waals surface area (Å²) in [7, 11) is 0. The van der Waals surface area contributed by atoms with Crippen molar-refractivity contribution in [3.63, 3.8) is 0 Å². The minimum Gasteiger partial charge on any atom is -0.466 e. The molecule has 0 fully saturated rings. The second kappa shape index (κ2) is 29.2. The Kier molecular flexibility index (Phi) is 24.5. The van der Waals surface area contributed by atoms with E-state index >= 15 is 0 Å². The van der Waals surface area contributed by atoms with Crippen molar-refractivity contribution in [1.82, 2.24) is 5.06 Å². The SMILES string of the molecule is CCCCCCCCCCCOC(=O)CCCCCN(CCCCSC(c1ccccc1)(c1ccccc1)c1ccccc1)OC(=O)CCCCCCC. The van der Waals surface area contributed by atoms with Gasteiger partial charge in [-0.25, -0.2) is 0 Å². The number of ether oxygens (including phenoxy) is 1. The summed E-state index contributed by atoms with van der Waals surface area (Å²) in [5.41, 5.74) is 3.82. The monoisotopic (exact) mass is 758 g/mol. The van der Waals surface area contributed by atoms with Gasteiger partial charge in [-0.2, -0.15) is 0 Å². The van der Waals surface area contributed by atoms with E-state index in [1.165, 1.54) is 80.9 Å². The molecule has 0 saturated carbocycles. The van der Waals surface area contributed by atoms with E-state index in [2.05, 4.69) is 105 Å². The second-order valence-corrected chi connectivity index (χ2v) is 16.1. The molecule has 0 saturated heterocycles. The van der Waals surface area contributed by atoms with Gasteiger partial charge in [-0.3, -0.25) is 9.59 Å². The van der Waals surface area contributed by atoms with Crippen LogP contribution in [0, 0.1) is 0 Å². The summed E-state index contributed by atoms with van der Waals surface area (Å²) in [4.78, 5) is 31.1. The number of nitrogens with zero attached hydrogens (tertiary/aromatic N) is 1. The van der Waals surface area contributed by atoms with Crippen molar-refractivity contribution in [1.29, 1.82) is 0 Å². The standard InChI is InChI=1S/C48H71NO4S/c1-3-5-7-9-10-11-12-14-29-41-52-46(50)37-26-18-27-39-49(53-47(51)38-25-13-8-6-4-2)40-28-30-42-54-48(43-31-19-15-20-32-43,44-33-21-16-22-34-44)45-35-23-17-24-36-45/h15-17,19-24,31-36H,3-14,18,25-30,37-42H2,1-2H3. The van der Waals surface area contributed by atoms with Crippen LogP contribution in [0.15, 0.2) is 91.0 Å². The van der Waals surface area contributed by atoms with Gasteiger partial charge in [-0.05, 0) is 61.0 Å². The van der Waals surface area contributed by atoms with Crippen LogP contribution in [0.4, 0.5) is 0 Å². The minimum absolute atomic E-state index is 0.0870. The molecule has 0 spiro atoms. The van der Waals surface area contributed by atoms with Gasteiger partial charge >= 0.3 is 11.9 Å². The predicted molar refractivity (Wildman–Crippen MR) is 229 cm³/mol. The van der Waals surface area contributed by atoms with Gasteiger partial charge in [0.2, 0.25) is 0 Å². The first-order valence-electron chi connectivity index (χ1n) is 21.5. The zero-order valence-electron chi connectivity index (χ0n) is 33.8. The lowest BCUT2D eigenvalue weighted by Gasteiger charge is -2.35. The van der Waals surface area contributed by atoms with E-state index in [-0.39, 0.29) is 16.7 Å². The number of esters is 1. The predicted octanol–water partition coefficient (Wildman–Crippen LogP) is 13.2. The average Bonchev–Trinajstić information content (AvgIpc) is 3.20. The zero-order chi connectivity index (χ0) is 38.4. The van der Waals surface area contributed by atoms with Gasteiger partial charge in [0.1, 0.15) is 0 Å². The Morgan fingerprint density at radius 3 is 1.41 bits per heavy atom. The van der Waals surface area contributed by atoms with Crippen molar-refractivity contribution in [2.24, 2.45) is 0 Å². The van der Waals surface area contributed by atoms with Gasteiger partial charge in [0.15, 0.2) is 0 Å². The number of rotatable bonds is 32. The Hall–Kier alpha value is -3.09. The van der Waals surface area contributed by atoms with Gasteiger partial charge in [0.05, 0.1) is 11.4 Å². The van der Waals surface area contributed by atoms with Crippen LogP contribution in [0.5, 0.6) is 0 Å². The molecule has 0 aliphatic carbocycles. The third-order valence-electron chi connectivity index (χ3n) is 10.2. The summed E-state index contributed by atoms with van der Waals surface area (Å²) < 4.78 is 5.18. The number of benzene rings is 3. The van der Waals surface area contributed by atoms with Crippen LogP contribution in [-0.4, -0.2) is 42.5 Å². The Morgan fingerprint density at radius 2 is 0.907 bits per heavy atom. The maximum absolute atomic E-state index is 12.9. The number of hydroxylamine groups is 2. The maximum Gasteiger partial charge on any atom is 0.325 e. The Balaban J connectivity index is 1.46. The molecular formula is C48H71NO4S. The zero-order valence-corrected chi connectivity index (χ0v) is 34.6. The maximum atomic E-state index is 12.9. The van der Waals surface area contributed by atoms with E-state index < -0.39 is 0 Å². The molecule has 0 heterocycles. The molecule has 298 valence electrons. The molecule has 0 aromatic heterocycles. The highest BCUT2D eigenvalue weighted by Crippen LogP contribution is 2.48. The van der Waals surface area contributed by atoms with Gasteiger partial charge in [0, 0.05) is 25.9 Å². The molecule has 3 aromatic rings. The van der Waals surface area contributed by atoms with Crippen molar-refractivity contribution in [2.75, 3.05) is 25.4 Å². The van der Waals surface area contributed by atoms with Crippen molar-refractivity contribution in [3.8, 4) is 0 Å². The molecule has 0 aliphatic heterocycles. The van der Waals surface area contributed by atoms with Crippen molar-refractivity contribution in [3.05, 3.63) is 108 Å². The summed E-state index contributed by atoms with van der Waals surface area (Å²) in [6, 6.07) is 32.5. The molecule has 0 bridgehead atoms. The summed E-state index contributed by atoms with van der Waals surface area (Å²) in [6.45, 7) is 6.39. The highest BCUT2D eigenvalue weighted by Gasteiger charge is 2.36. The summed E-state index contributed by atoms with van der Waals surface area (Å²) in [6.07, 6.45) is 22.3. The molecule has 5 nitrogen and oxygen atoms in total. The number of hydrogen-bond acceptors (Lipinski definition) is 6. The normalized spacial score (nSPS) is 11.5. The first-order chi connectivity index (χ1) is 26.6. The van der Waals surface area contributed by atoms with E-state index in [1.54, 1.807) is 0 Å². The fraction of sp³-hybridized carbons (Fsp3) is 0.583. The lowest BCUT2D eigenvalue weighted by Crippen LogP contribution is -2.30. The molecular weight excluding hydrogens is 687 g/mol. The van der Waals surface area contributed by atoms with Gasteiger partial charge in [-0.15, -0.1) is 16.8 Å². The molecule has 3 rings (SSSR count). The van der Waals surface area contributed by atoms with E-state index in [4.69, 9.17) is 9.57 Å². The fourth-order valence-electron chi connectivity index (χ4n) is 7.05. The van der Waals surface area contributed by atoms with E-state index in [9.17, 15) is 9.59 Å². The number of carbonyl (C=O) groups is 2. The second-order valence-electron chi connectivity index (χ2n) is 14.8. The molecule has 0 aliphatic rings. The largest absolute Gasteiger partial charge is 0.466 e. The molecule has 0 amide bonds. The van der Waals surface area contributed by atoms with Crippen molar-refractivity contribution >= 4 is 23.7 Å².